The largest absolute Gasteiger partial charge is 0.312 e. The fraction of sp³-hybridized carbons (Fsp3) is 0.500. The molecule has 1 unspecified atom stereocenters. The molecule has 0 bridgehead atoms. The summed E-state index contributed by atoms with van der Waals surface area (Å²) in [5, 5.41) is 3.30. The van der Waals surface area contributed by atoms with Gasteiger partial charge in [-0.3, -0.25) is 9.59 Å². The first-order valence-corrected chi connectivity index (χ1v) is 7.35. The van der Waals surface area contributed by atoms with Gasteiger partial charge in [-0.25, -0.2) is 0 Å². The molecule has 1 N–H and O–H groups in total. The molecule has 0 radical (unpaired) electrons. The Kier molecular flexibility index (Phi) is 3.57. The standard InChI is InChI=1S/C16H20N2O2/c1-11(19)18-9-7-12-10-13(5-6-15(12)18)16(20)14-4-2-3-8-17-14/h5-6,10,14,17H,2-4,7-9H2,1H3. The summed E-state index contributed by atoms with van der Waals surface area (Å²) in [6.45, 7) is 3.24. The van der Waals surface area contributed by atoms with Crippen LogP contribution in [0.5, 0.6) is 0 Å². The van der Waals surface area contributed by atoms with Crippen molar-refractivity contribution in [2.24, 2.45) is 0 Å². The zero-order valence-electron chi connectivity index (χ0n) is 11.8. The summed E-state index contributed by atoms with van der Waals surface area (Å²) >= 11 is 0. The predicted molar refractivity (Wildman–Crippen MR) is 78.1 cm³/mol. The molecule has 106 valence electrons. The number of carbonyl (C=O) groups excluding carboxylic acids is 2. The Labute approximate surface area is 119 Å². The van der Waals surface area contributed by atoms with E-state index in [9.17, 15) is 9.59 Å². The maximum atomic E-state index is 12.5. The van der Waals surface area contributed by atoms with Crippen molar-refractivity contribution in [3.63, 3.8) is 0 Å². The molecule has 1 amide bonds. The fourth-order valence-electron chi connectivity index (χ4n) is 3.16. The molecule has 0 aliphatic carbocycles. The lowest BCUT2D eigenvalue weighted by molar-refractivity contribution is -0.116. The number of hydrogen-bond acceptors (Lipinski definition) is 3. The minimum atomic E-state index is -0.0351. The Bertz CT molecular complexity index is 547. The number of hydrogen-bond donors (Lipinski definition) is 1. The lowest BCUT2D eigenvalue weighted by atomic mass is 9.95. The second kappa shape index (κ2) is 5.37. The molecule has 20 heavy (non-hydrogen) atoms. The monoisotopic (exact) mass is 272 g/mol. The molecule has 1 aromatic rings. The highest BCUT2D eigenvalue weighted by atomic mass is 16.2. The Hall–Kier alpha value is -1.68. The fourth-order valence-corrected chi connectivity index (χ4v) is 3.16. The molecule has 2 heterocycles. The van der Waals surface area contributed by atoms with Gasteiger partial charge in [-0.05, 0) is 49.6 Å². The first-order chi connectivity index (χ1) is 9.66. The van der Waals surface area contributed by atoms with Crippen LogP contribution in [-0.2, 0) is 11.2 Å². The van der Waals surface area contributed by atoms with Crippen LogP contribution in [0.3, 0.4) is 0 Å². The van der Waals surface area contributed by atoms with E-state index in [2.05, 4.69) is 5.32 Å². The summed E-state index contributed by atoms with van der Waals surface area (Å²) in [6, 6.07) is 5.71. The van der Waals surface area contributed by atoms with Gasteiger partial charge in [0.2, 0.25) is 5.91 Å². The number of fused-ring (bicyclic) bond motifs is 1. The molecule has 3 rings (SSSR count). The molecule has 0 spiro atoms. The second-order valence-electron chi connectivity index (χ2n) is 5.63. The maximum Gasteiger partial charge on any atom is 0.223 e. The van der Waals surface area contributed by atoms with Crippen molar-refractivity contribution < 1.29 is 9.59 Å². The molecule has 2 aliphatic heterocycles. The van der Waals surface area contributed by atoms with E-state index in [1.165, 1.54) is 0 Å². The van der Waals surface area contributed by atoms with E-state index >= 15 is 0 Å². The van der Waals surface area contributed by atoms with E-state index in [0.29, 0.717) is 0 Å². The van der Waals surface area contributed by atoms with Crippen molar-refractivity contribution >= 4 is 17.4 Å². The molecule has 1 atom stereocenters. The summed E-state index contributed by atoms with van der Waals surface area (Å²) < 4.78 is 0. The number of carbonyl (C=O) groups is 2. The van der Waals surface area contributed by atoms with Crippen LogP contribution in [0.4, 0.5) is 5.69 Å². The summed E-state index contributed by atoms with van der Waals surface area (Å²) in [5.41, 5.74) is 2.85. The van der Waals surface area contributed by atoms with Crippen LogP contribution >= 0.6 is 0 Å². The summed E-state index contributed by atoms with van der Waals surface area (Å²) in [4.78, 5) is 25.8. The van der Waals surface area contributed by atoms with Crippen LogP contribution in [0.25, 0.3) is 0 Å². The van der Waals surface area contributed by atoms with Gasteiger partial charge in [0.25, 0.3) is 0 Å². The zero-order valence-corrected chi connectivity index (χ0v) is 11.8. The average Bonchev–Trinajstić information content (AvgIpc) is 2.90. The molecule has 2 aliphatic rings. The van der Waals surface area contributed by atoms with Gasteiger partial charge in [0.1, 0.15) is 0 Å². The minimum Gasteiger partial charge on any atom is -0.312 e. The van der Waals surface area contributed by atoms with Crippen molar-refractivity contribution in [1.82, 2.24) is 5.32 Å². The predicted octanol–water partition coefficient (Wildman–Crippen LogP) is 1.92. The topological polar surface area (TPSA) is 49.4 Å². The first kappa shape index (κ1) is 13.3. The molecule has 1 fully saturated rings. The molecular weight excluding hydrogens is 252 g/mol. The maximum absolute atomic E-state index is 12.5. The average molecular weight is 272 g/mol. The normalized spacial score (nSPS) is 21.6. The van der Waals surface area contributed by atoms with Crippen LogP contribution in [0.1, 0.15) is 42.1 Å². The highest BCUT2D eigenvalue weighted by Gasteiger charge is 2.26. The van der Waals surface area contributed by atoms with Gasteiger partial charge in [0, 0.05) is 24.7 Å². The van der Waals surface area contributed by atoms with Gasteiger partial charge in [0.15, 0.2) is 5.78 Å². The van der Waals surface area contributed by atoms with Crippen LogP contribution in [0, 0.1) is 0 Å². The van der Waals surface area contributed by atoms with E-state index in [-0.39, 0.29) is 17.7 Å². The van der Waals surface area contributed by atoms with E-state index in [1.54, 1.807) is 11.8 Å². The van der Waals surface area contributed by atoms with Crippen LogP contribution in [0.15, 0.2) is 18.2 Å². The third-order valence-electron chi connectivity index (χ3n) is 4.27. The number of amides is 1. The molecule has 1 aromatic carbocycles. The van der Waals surface area contributed by atoms with Crippen molar-refractivity contribution in [2.45, 2.75) is 38.6 Å². The Morgan fingerprint density at radius 3 is 2.85 bits per heavy atom. The molecule has 0 aromatic heterocycles. The summed E-state index contributed by atoms with van der Waals surface area (Å²) in [6.07, 6.45) is 4.04. The first-order valence-electron chi connectivity index (χ1n) is 7.35. The SMILES string of the molecule is CC(=O)N1CCc2cc(C(=O)C3CCCCN3)ccc21. The number of ketones is 1. The van der Waals surface area contributed by atoms with E-state index in [0.717, 1.165) is 55.6 Å². The number of nitrogens with one attached hydrogen (secondary N) is 1. The number of benzene rings is 1. The van der Waals surface area contributed by atoms with Gasteiger partial charge in [-0.2, -0.15) is 0 Å². The smallest absolute Gasteiger partial charge is 0.223 e. The quantitative estimate of drug-likeness (QED) is 0.837. The number of Topliss-reactive ketones (excluding diaryl/α,β-unsaturated/α-hetero) is 1. The van der Waals surface area contributed by atoms with Crippen LogP contribution in [-0.4, -0.2) is 30.8 Å². The highest BCUT2D eigenvalue weighted by Crippen LogP contribution is 2.29. The van der Waals surface area contributed by atoms with Gasteiger partial charge in [-0.15, -0.1) is 0 Å². The van der Waals surface area contributed by atoms with Crippen LogP contribution < -0.4 is 10.2 Å². The molecule has 4 nitrogen and oxygen atoms in total. The number of rotatable bonds is 2. The Balaban J connectivity index is 1.82. The van der Waals surface area contributed by atoms with Crippen molar-refractivity contribution in [3.05, 3.63) is 29.3 Å². The van der Waals surface area contributed by atoms with Gasteiger partial charge < -0.3 is 10.2 Å². The third kappa shape index (κ3) is 2.36. The van der Waals surface area contributed by atoms with E-state index in [1.807, 2.05) is 18.2 Å². The van der Waals surface area contributed by atoms with Gasteiger partial charge in [0.05, 0.1) is 6.04 Å². The van der Waals surface area contributed by atoms with Crippen molar-refractivity contribution in [3.8, 4) is 0 Å². The van der Waals surface area contributed by atoms with Crippen molar-refractivity contribution in [2.75, 3.05) is 18.0 Å². The lowest BCUT2D eigenvalue weighted by Crippen LogP contribution is -2.40. The molecule has 0 saturated carbocycles. The number of piperidine rings is 1. The minimum absolute atomic E-state index is 0.0351. The summed E-state index contributed by atoms with van der Waals surface area (Å²) in [5.74, 6) is 0.255. The van der Waals surface area contributed by atoms with Crippen molar-refractivity contribution in [1.29, 1.82) is 0 Å². The zero-order chi connectivity index (χ0) is 14.1. The highest BCUT2D eigenvalue weighted by molar-refractivity contribution is 6.01. The Morgan fingerprint density at radius 1 is 1.30 bits per heavy atom. The Morgan fingerprint density at radius 2 is 2.15 bits per heavy atom. The molecular formula is C16H20N2O2. The molecule has 1 saturated heterocycles. The number of anilines is 1. The van der Waals surface area contributed by atoms with E-state index < -0.39 is 0 Å². The third-order valence-corrected chi connectivity index (χ3v) is 4.27. The number of nitrogens with zero attached hydrogens (tertiary/aromatic N) is 1. The van der Waals surface area contributed by atoms with Gasteiger partial charge in [-0.1, -0.05) is 6.42 Å². The van der Waals surface area contributed by atoms with E-state index in [4.69, 9.17) is 0 Å². The lowest BCUT2D eigenvalue weighted by Gasteiger charge is -2.22. The van der Waals surface area contributed by atoms with Crippen LogP contribution in [0.2, 0.25) is 0 Å². The molecule has 4 heteroatoms. The second-order valence-corrected chi connectivity index (χ2v) is 5.63. The summed E-state index contributed by atoms with van der Waals surface area (Å²) in [7, 11) is 0. The van der Waals surface area contributed by atoms with Gasteiger partial charge >= 0.3 is 0 Å².